The molecule has 0 spiro atoms. The summed E-state index contributed by atoms with van der Waals surface area (Å²) in [5.74, 6) is 7.95. The molecule has 1 N–H and O–H groups in total. The first-order valence-corrected chi connectivity index (χ1v) is 25.2. The van der Waals surface area contributed by atoms with Crippen LogP contribution in [0.5, 0.6) is 5.75 Å². The predicted octanol–water partition coefficient (Wildman–Crippen LogP) is 18.3. The molecule has 1 aromatic heterocycles. The minimum absolute atomic E-state index is 0.236. The number of hydrogen-bond acceptors (Lipinski definition) is 4. The smallest absolute Gasteiger partial charge is 0.160 e. The van der Waals surface area contributed by atoms with Gasteiger partial charge in [0, 0.05) is 39.4 Å². The molecule has 0 amide bonds. The van der Waals surface area contributed by atoms with Gasteiger partial charge in [-0.1, -0.05) is 176 Å². The average Bonchev–Trinajstić information content (AvgIpc) is 3.66. The Bertz CT molecular complexity index is 4340. The van der Waals surface area contributed by atoms with Crippen LogP contribution in [0.3, 0.4) is 0 Å². The number of nitrogens with zero attached hydrogens (tertiary/aromatic N) is 2. The number of rotatable bonds is 5. The zero-order chi connectivity index (χ0) is 48.9. The number of allylic oxidation sites excluding steroid dienone is 1. The molecular formula is C69H48N2O2. The van der Waals surface area contributed by atoms with E-state index in [9.17, 15) is 5.11 Å². The van der Waals surface area contributed by atoms with E-state index in [0.29, 0.717) is 12.8 Å². The first-order chi connectivity index (χ1) is 35.9. The van der Waals surface area contributed by atoms with E-state index in [2.05, 4.69) is 237 Å². The van der Waals surface area contributed by atoms with Gasteiger partial charge in [0.2, 0.25) is 0 Å². The number of furan rings is 1. The fraction of sp³-hybridized carbons (Fsp3) is 0.0725. The molecule has 0 atom stereocenters. The fourth-order valence-corrected chi connectivity index (χ4v) is 11.9. The highest BCUT2D eigenvalue weighted by atomic mass is 16.3. The lowest BCUT2D eigenvalue weighted by atomic mass is 9.91. The summed E-state index contributed by atoms with van der Waals surface area (Å²) < 4.78 is 7.16. The summed E-state index contributed by atoms with van der Waals surface area (Å²) in [6.45, 7) is 6.56. The Morgan fingerprint density at radius 2 is 1.22 bits per heavy atom. The molecule has 0 radical (unpaired) electrons. The number of hydrogen-bond donors (Lipinski definition) is 1. The highest BCUT2D eigenvalue weighted by Gasteiger charge is 2.29. The highest BCUT2D eigenvalue weighted by Crippen LogP contribution is 2.53. The minimum atomic E-state index is 0.236. The molecule has 0 fully saturated rings. The van der Waals surface area contributed by atoms with Crippen LogP contribution in [-0.2, 0) is 6.42 Å². The van der Waals surface area contributed by atoms with Gasteiger partial charge in [-0.05, 0) is 141 Å². The molecule has 4 heteroatoms. The average molecular weight is 937 g/mol. The van der Waals surface area contributed by atoms with E-state index in [1.807, 2.05) is 12.1 Å². The second kappa shape index (κ2) is 16.7. The van der Waals surface area contributed by atoms with Gasteiger partial charge in [-0.2, -0.15) is 0 Å². The third kappa shape index (κ3) is 6.70. The van der Waals surface area contributed by atoms with Gasteiger partial charge < -0.3 is 19.3 Å². The van der Waals surface area contributed by atoms with E-state index in [1.165, 1.54) is 33.0 Å². The molecule has 11 aromatic carbocycles. The Balaban J connectivity index is 1.02. The maximum absolute atomic E-state index is 12.8. The van der Waals surface area contributed by atoms with Crippen molar-refractivity contribution >= 4 is 83.0 Å². The molecule has 73 heavy (non-hydrogen) atoms. The third-order valence-corrected chi connectivity index (χ3v) is 15.3. The predicted molar refractivity (Wildman–Crippen MR) is 304 cm³/mol. The summed E-state index contributed by atoms with van der Waals surface area (Å²) in [6, 6.07) is 72.0. The Hall–Kier alpha value is -9.30. The van der Waals surface area contributed by atoms with E-state index >= 15 is 0 Å². The zero-order valence-electron chi connectivity index (χ0n) is 40.8. The van der Waals surface area contributed by atoms with E-state index in [0.717, 1.165) is 117 Å². The minimum Gasteiger partial charge on any atom is -0.505 e. The van der Waals surface area contributed by atoms with Crippen molar-refractivity contribution < 1.29 is 9.52 Å². The number of phenolic OH excluding ortho intramolecular Hbond substituents is 1. The van der Waals surface area contributed by atoms with Crippen LogP contribution in [0.4, 0.5) is 34.1 Å². The molecule has 14 rings (SSSR count). The van der Waals surface area contributed by atoms with Gasteiger partial charge in [-0.15, -0.1) is 0 Å². The van der Waals surface area contributed by atoms with Crippen molar-refractivity contribution in [1.29, 1.82) is 0 Å². The maximum atomic E-state index is 12.8. The van der Waals surface area contributed by atoms with Gasteiger partial charge in [-0.3, -0.25) is 0 Å². The standard InChI is InChI=1S/C69H48N2O2/c1-42-29-30-45-39-51-21-11-16-44(3)66(51)71(62-27-13-24-52(67(62)72)49-19-12-20-50(41-49)58(42)40-45)61-38-34-48-31-35-56-60(37-33-47-32-36-57(61)65(48)64(47)56)70(59-26-10-7-15-43(59)2)63-28-14-25-55-54-23-9-8-22-53(68(54)73-69(55)63)46-17-5-4-6-18-46/h4-7,10-22,24-38,40-41,72H,8,39H2,1-3H3. The molecular weight excluding hydrogens is 889 g/mol. The number of benzene rings is 11. The zero-order valence-corrected chi connectivity index (χ0v) is 40.8. The van der Waals surface area contributed by atoms with Crippen molar-refractivity contribution in [3.8, 4) is 39.8 Å². The van der Waals surface area contributed by atoms with Gasteiger partial charge in [0.05, 0.1) is 34.0 Å². The molecule has 0 unspecified atom stereocenters. The molecule has 0 saturated carbocycles. The molecule has 6 bridgehead atoms. The van der Waals surface area contributed by atoms with Gasteiger partial charge in [0.15, 0.2) is 11.3 Å². The summed E-state index contributed by atoms with van der Waals surface area (Å²) >= 11 is 0. The molecule has 12 aromatic rings. The third-order valence-electron chi connectivity index (χ3n) is 15.3. The van der Waals surface area contributed by atoms with E-state index in [4.69, 9.17) is 4.42 Å². The molecule has 0 saturated heterocycles. The van der Waals surface area contributed by atoms with Gasteiger partial charge in [-0.25, -0.2) is 0 Å². The molecule has 4 nitrogen and oxygen atoms in total. The fourth-order valence-electron chi connectivity index (χ4n) is 11.9. The summed E-state index contributed by atoms with van der Waals surface area (Å²) in [5, 5.41) is 20.6. The quantitative estimate of drug-likeness (QED) is 0.138. The lowest BCUT2D eigenvalue weighted by molar-refractivity contribution is 0.478. The van der Waals surface area contributed by atoms with Gasteiger partial charge in [0.25, 0.3) is 0 Å². The molecule has 1 aliphatic heterocycles. The van der Waals surface area contributed by atoms with Gasteiger partial charge in [0.1, 0.15) is 5.75 Å². The molecule has 346 valence electrons. The van der Waals surface area contributed by atoms with Crippen molar-refractivity contribution in [2.75, 3.05) is 9.80 Å². The Kier molecular flexibility index (Phi) is 9.71. The largest absolute Gasteiger partial charge is 0.505 e. The lowest BCUT2D eigenvalue weighted by Crippen LogP contribution is -2.15. The summed E-state index contributed by atoms with van der Waals surface area (Å²) in [5.41, 5.74) is 19.6. The summed E-state index contributed by atoms with van der Waals surface area (Å²) in [4.78, 5) is 4.72. The topological polar surface area (TPSA) is 39.9 Å². The first-order valence-electron chi connectivity index (χ1n) is 25.2. The Morgan fingerprint density at radius 3 is 2.08 bits per heavy atom. The number of phenols is 1. The van der Waals surface area contributed by atoms with Crippen LogP contribution in [0, 0.1) is 32.6 Å². The van der Waals surface area contributed by atoms with Crippen LogP contribution in [0.15, 0.2) is 211 Å². The normalized spacial score (nSPS) is 12.9. The SMILES string of the molecule is Cc1ccc2cc1-c1cccc(c1)-c1cccc(c1O)N(c1ccc3ccc4c(N(c5ccccc5C)c5cccc6c7c(oc56)C(c5ccccc5)=CCC#C7)ccc5ccc1c3c54)c1c(C)cccc1C2. The second-order valence-electron chi connectivity index (χ2n) is 19.7. The molecule has 2 aliphatic rings. The van der Waals surface area contributed by atoms with Crippen LogP contribution in [-0.4, -0.2) is 5.11 Å². The Morgan fingerprint density at radius 1 is 0.521 bits per heavy atom. The number of para-hydroxylation sites is 4. The van der Waals surface area contributed by atoms with Crippen LogP contribution in [0.2, 0.25) is 0 Å². The number of aryl methyl sites for hydroxylation is 3. The lowest BCUT2D eigenvalue weighted by Gasteiger charge is -2.32. The second-order valence-corrected chi connectivity index (χ2v) is 19.7. The highest BCUT2D eigenvalue weighted by molar-refractivity contribution is 6.28. The molecule has 2 heterocycles. The van der Waals surface area contributed by atoms with Crippen molar-refractivity contribution in [2.24, 2.45) is 0 Å². The first kappa shape index (κ1) is 42.6. The van der Waals surface area contributed by atoms with Crippen molar-refractivity contribution in [1.82, 2.24) is 0 Å². The van der Waals surface area contributed by atoms with E-state index in [-0.39, 0.29) is 5.75 Å². The van der Waals surface area contributed by atoms with Crippen LogP contribution < -0.4 is 9.80 Å². The van der Waals surface area contributed by atoms with Gasteiger partial charge >= 0.3 is 0 Å². The summed E-state index contributed by atoms with van der Waals surface area (Å²) in [6.07, 6.45) is 3.56. The summed E-state index contributed by atoms with van der Waals surface area (Å²) in [7, 11) is 0. The number of anilines is 6. The maximum Gasteiger partial charge on any atom is 0.160 e. The Labute approximate surface area is 424 Å². The number of fused-ring (bicyclic) bond motifs is 12. The van der Waals surface area contributed by atoms with Crippen LogP contribution >= 0.6 is 0 Å². The van der Waals surface area contributed by atoms with Crippen molar-refractivity contribution in [3.63, 3.8) is 0 Å². The van der Waals surface area contributed by atoms with E-state index < -0.39 is 0 Å². The van der Waals surface area contributed by atoms with Crippen LogP contribution in [0.25, 0.3) is 71.1 Å². The van der Waals surface area contributed by atoms with Crippen molar-refractivity contribution in [3.05, 3.63) is 251 Å². The monoisotopic (exact) mass is 936 g/mol. The van der Waals surface area contributed by atoms with E-state index in [1.54, 1.807) is 0 Å². The number of aromatic hydroxyl groups is 1. The van der Waals surface area contributed by atoms with Crippen molar-refractivity contribution in [2.45, 2.75) is 33.6 Å². The molecule has 1 aliphatic carbocycles. The van der Waals surface area contributed by atoms with Crippen LogP contribution in [0.1, 0.15) is 51.1 Å².